The van der Waals surface area contributed by atoms with Gasteiger partial charge < -0.3 is 4.90 Å². The monoisotopic (exact) mass is 236 g/mol. The molecule has 1 heterocycles. The maximum atomic E-state index is 8.51. The van der Waals surface area contributed by atoms with Crippen LogP contribution >= 0.6 is 0 Å². The Labute approximate surface area is 107 Å². The van der Waals surface area contributed by atoms with Crippen molar-refractivity contribution in [1.29, 1.82) is 5.26 Å². The third kappa shape index (κ3) is 5.55. The second-order valence-corrected chi connectivity index (χ2v) is 6.45. The highest BCUT2D eigenvalue weighted by Crippen LogP contribution is 2.34. The molecule has 1 atom stereocenters. The Morgan fingerprint density at radius 3 is 2.59 bits per heavy atom. The lowest BCUT2D eigenvalue weighted by atomic mass is 9.77. The first-order valence-electron chi connectivity index (χ1n) is 7.13. The summed E-state index contributed by atoms with van der Waals surface area (Å²) >= 11 is 0. The van der Waals surface area contributed by atoms with Crippen molar-refractivity contribution in [2.24, 2.45) is 11.3 Å². The Morgan fingerprint density at radius 2 is 1.94 bits per heavy atom. The van der Waals surface area contributed by atoms with E-state index in [-0.39, 0.29) is 0 Å². The molecule has 0 aromatic rings. The third-order valence-corrected chi connectivity index (χ3v) is 4.06. The van der Waals surface area contributed by atoms with Crippen LogP contribution in [0.25, 0.3) is 0 Å². The van der Waals surface area contributed by atoms with Crippen LogP contribution in [0.3, 0.4) is 0 Å². The predicted octanol–water partition coefficient (Wildman–Crippen LogP) is 3.83. The highest BCUT2D eigenvalue weighted by molar-refractivity contribution is 4.79. The molecular formula is C15H28N2. The topological polar surface area (TPSA) is 27.0 Å². The summed E-state index contributed by atoms with van der Waals surface area (Å²) in [6.45, 7) is 10.8. The molecule has 0 radical (unpaired) electrons. The summed E-state index contributed by atoms with van der Waals surface area (Å²) in [5.41, 5.74) is 0.469. The SMILES string of the molecule is CC(C)(C)C1CCCN(CCCCC#N)CC1. The van der Waals surface area contributed by atoms with E-state index in [1.807, 2.05) is 0 Å². The highest BCUT2D eigenvalue weighted by atomic mass is 15.1. The van der Waals surface area contributed by atoms with E-state index >= 15 is 0 Å². The van der Waals surface area contributed by atoms with Crippen LogP contribution in [-0.2, 0) is 0 Å². The molecule has 0 saturated carbocycles. The van der Waals surface area contributed by atoms with Crippen LogP contribution in [0.15, 0.2) is 0 Å². The first-order chi connectivity index (χ1) is 8.04. The van der Waals surface area contributed by atoms with Gasteiger partial charge in [0, 0.05) is 6.42 Å². The van der Waals surface area contributed by atoms with E-state index < -0.39 is 0 Å². The molecule has 1 fully saturated rings. The zero-order valence-electron chi connectivity index (χ0n) is 11.8. The standard InChI is InChI=1S/C15H28N2/c1-15(2,3)14-8-7-12-17(13-9-14)11-6-4-5-10-16/h14H,4-9,11-13H2,1-3H3. The fourth-order valence-corrected chi connectivity index (χ4v) is 2.78. The van der Waals surface area contributed by atoms with Gasteiger partial charge in [-0.25, -0.2) is 0 Å². The lowest BCUT2D eigenvalue weighted by molar-refractivity contribution is 0.207. The zero-order chi connectivity index (χ0) is 12.7. The number of hydrogen-bond acceptors (Lipinski definition) is 2. The van der Waals surface area contributed by atoms with Gasteiger partial charge in [-0.3, -0.25) is 0 Å². The van der Waals surface area contributed by atoms with Crippen LogP contribution in [0.4, 0.5) is 0 Å². The molecule has 1 aliphatic heterocycles. The van der Waals surface area contributed by atoms with Crippen molar-refractivity contribution in [1.82, 2.24) is 4.90 Å². The minimum atomic E-state index is 0.469. The molecule has 0 aromatic heterocycles. The van der Waals surface area contributed by atoms with Crippen molar-refractivity contribution in [2.45, 2.75) is 59.3 Å². The summed E-state index contributed by atoms with van der Waals surface area (Å²) in [7, 11) is 0. The minimum Gasteiger partial charge on any atom is -0.303 e. The predicted molar refractivity (Wildman–Crippen MR) is 72.7 cm³/mol. The number of rotatable bonds is 4. The van der Waals surface area contributed by atoms with Gasteiger partial charge in [-0.1, -0.05) is 20.8 Å². The normalized spacial score (nSPS) is 23.1. The summed E-state index contributed by atoms with van der Waals surface area (Å²) in [6.07, 6.45) is 7.06. The second-order valence-electron chi connectivity index (χ2n) is 6.45. The fourth-order valence-electron chi connectivity index (χ4n) is 2.78. The third-order valence-electron chi connectivity index (χ3n) is 4.06. The Kier molecular flexibility index (Phi) is 5.98. The van der Waals surface area contributed by atoms with Crippen molar-refractivity contribution >= 4 is 0 Å². The van der Waals surface area contributed by atoms with Gasteiger partial charge in [0.15, 0.2) is 0 Å². The van der Waals surface area contributed by atoms with Gasteiger partial charge in [-0.15, -0.1) is 0 Å². The largest absolute Gasteiger partial charge is 0.303 e. The van der Waals surface area contributed by atoms with E-state index in [0.29, 0.717) is 5.41 Å². The summed E-state index contributed by atoms with van der Waals surface area (Å²) in [5, 5.41) is 8.51. The van der Waals surface area contributed by atoms with Crippen LogP contribution in [0.1, 0.15) is 59.3 Å². The first kappa shape index (κ1) is 14.5. The van der Waals surface area contributed by atoms with E-state index in [2.05, 4.69) is 31.7 Å². The first-order valence-corrected chi connectivity index (χ1v) is 7.13. The average Bonchev–Trinajstić information content (AvgIpc) is 2.49. The minimum absolute atomic E-state index is 0.469. The van der Waals surface area contributed by atoms with Crippen LogP contribution in [0, 0.1) is 22.7 Å². The van der Waals surface area contributed by atoms with Crippen LogP contribution < -0.4 is 0 Å². The molecule has 0 spiro atoms. The summed E-state index contributed by atoms with van der Waals surface area (Å²) in [5.74, 6) is 0.881. The van der Waals surface area contributed by atoms with Crippen molar-refractivity contribution in [3.8, 4) is 6.07 Å². The summed E-state index contributed by atoms with van der Waals surface area (Å²) < 4.78 is 0. The van der Waals surface area contributed by atoms with Crippen LogP contribution in [0.2, 0.25) is 0 Å². The lowest BCUT2D eigenvalue weighted by Crippen LogP contribution is -2.27. The highest BCUT2D eigenvalue weighted by Gasteiger charge is 2.26. The molecular weight excluding hydrogens is 208 g/mol. The summed E-state index contributed by atoms with van der Waals surface area (Å²) in [4.78, 5) is 2.60. The maximum Gasteiger partial charge on any atom is 0.0621 e. The molecule has 98 valence electrons. The van der Waals surface area contributed by atoms with E-state index in [4.69, 9.17) is 5.26 Å². The van der Waals surface area contributed by atoms with Gasteiger partial charge in [0.05, 0.1) is 6.07 Å². The molecule has 0 bridgehead atoms. The van der Waals surface area contributed by atoms with Crippen molar-refractivity contribution in [2.75, 3.05) is 19.6 Å². The smallest absolute Gasteiger partial charge is 0.0621 e. The molecule has 0 aliphatic carbocycles. The molecule has 2 heteroatoms. The van der Waals surface area contributed by atoms with Crippen molar-refractivity contribution < 1.29 is 0 Å². The molecule has 1 saturated heterocycles. The van der Waals surface area contributed by atoms with E-state index in [0.717, 1.165) is 18.8 Å². The van der Waals surface area contributed by atoms with Gasteiger partial charge in [-0.2, -0.15) is 5.26 Å². The molecule has 1 aliphatic rings. The quantitative estimate of drug-likeness (QED) is 0.694. The average molecular weight is 236 g/mol. The summed E-state index contributed by atoms with van der Waals surface area (Å²) in [6, 6.07) is 2.23. The fraction of sp³-hybridized carbons (Fsp3) is 0.933. The Hall–Kier alpha value is -0.550. The lowest BCUT2D eigenvalue weighted by Gasteiger charge is -2.29. The van der Waals surface area contributed by atoms with E-state index in [1.54, 1.807) is 0 Å². The number of nitriles is 1. The Bertz CT molecular complexity index is 247. The van der Waals surface area contributed by atoms with Gasteiger partial charge in [0.25, 0.3) is 0 Å². The molecule has 1 rings (SSSR count). The number of hydrogen-bond donors (Lipinski definition) is 0. The molecule has 0 amide bonds. The molecule has 2 nitrogen and oxygen atoms in total. The Morgan fingerprint density at radius 1 is 1.18 bits per heavy atom. The molecule has 1 unspecified atom stereocenters. The molecule has 17 heavy (non-hydrogen) atoms. The van der Waals surface area contributed by atoms with Gasteiger partial charge in [-0.05, 0) is 63.1 Å². The Balaban J connectivity index is 2.26. The van der Waals surface area contributed by atoms with Gasteiger partial charge in [0.2, 0.25) is 0 Å². The van der Waals surface area contributed by atoms with Crippen LogP contribution in [0.5, 0.6) is 0 Å². The van der Waals surface area contributed by atoms with Gasteiger partial charge in [0.1, 0.15) is 0 Å². The number of unbranched alkanes of at least 4 members (excludes halogenated alkanes) is 2. The van der Waals surface area contributed by atoms with Crippen molar-refractivity contribution in [3.63, 3.8) is 0 Å². The second kappa shape index (κ2) is 7.01. The molecule has 0 aromatic carbocycles. The number of nitrogens with zero attached hydrogens (tertiary/aromatic N) is 2. The van der Waals surface area contributed by atoms with Crippen LogP contribution in [-0.4, -0.2) is 24.5 Å². The van der Waals surface area contributed by atoms with E-state index in [1.165, 1.54) is 45.3 Å². The van der Waals surface area contributed by atoms with Gasteiger partial charge >= 0.3 is 0 Å². The van der Waals surface area contributed by atoms with Crippen molar-refractivity contribution in [3.05, 3.63) is 0 Å². The zero-order valence-corrected chi connectivity index (χ0v) is 11.8. The van der Waals surface area contributed by atoms with E-state index in [9.17, 15) is 0 Å². The number of likely N-dealkylation sites (tertiary alicyclic amines) is 1. The maximum absolute atomic E-state index is 8.51. The molecule has 0 N–H and O–H groups in total.